The van der Waals surface area contributed by atoms with E-state index in [0.29, 0.717) is 47.7 Å². The van der Waals surface area contributed by atoms with E-state index in [1.807, 2.05) is 95.9 Å². The number of aliphatic hydroxyl groups excluding tert-OH is 1. The molecule has 2 N–H and O–H groups in total. The third kappa shape index (κ3) is 5.06. The zero-order valence-corrected chi connectivity index (χ0v) is 25.1. The normalized spacial score (nSPS) is 12.3. The largest absolute Gasteiger partial charge is 0.396 e. The van der Waals surface area contributed by atoms with Gasteiger partial charge in [-0.25, -0.2) is 14.4 Å². The van der Waals surface area contributed by atoms with Crippen LogP contribution < -0.4 is 0 Å². The Hall–Kier alpha value is -5.47. The second kappa shape index (κ2) is 12.5. The van der Waals surface area contributed by atoms with Gasteiger partial charge in [0.15, 0.2) is 5.82 Å². The van der Waals surface area contributed by atoms with Gasteiger partial charge >= 0.3 is 0 Å². The summed E-state index contributed by atoms with van der Waals surface area (Å²) in [6, 6.07) is 36.2. The van der Waals surface area contributed by atoms with Gasteiger partial charge < -0.3 is 10.0 Å². The molecule has 0 atom stereocenters. The Morgan fingerprint density at radius 2 is 1.39 bits per heavy atom. The number of aliphatic hydroxyl groups is 1. The summed E-state index contributed by atoms with van der Waals surface area (Å²) in [6.45, 7) is 0.213. The maximum Gasteiger partial charge on any atom is 0.273 e. The van der Waals surface area contributed by atoms with Crippen molar-refractivity contribution in [3.05, 3.63) is 161 Å². The molecule has 2 aromatic heterocycles. The number of aromatic amines is 1. The highest BCUT2D eigenvalue weighted by Crippen LogP contribution is 2.44. The predicted octanol–water partition coefficient (Wildman–Crippen LogP) is 6.59. The fourth-order valence-electron chi connectivity index (χ4n) is 6.56. The molecular formula is C38H32FN5O2. The molecule has 228 valence electrons. The van der Waals surface area contributed by atoms with E-state index in [1.54, 1.807) is 18.3 Å². The third-order valence-electron chi connectivity index (χ3n) is 8.68. The number of nitrogens with one attached hydrogen (secondary N) is 1. The summed E-state index contributed by atoms with van der Waals surface area (Å²) in [4.78, 5) is 26.3. The first-order valence-electron chi connectivity index (χ1n) is 15.4. The summed E-state index contributed by atoms with van der Waals surface area (Å²) >= 11 is 0. The zero-order chi connectivity index (χ0) is 31.5. The van der Waals surface area contributed by atoms with Crippen LogP contribution in [-0.2, 0) is 18.4 Å². The number of amides is 1. The van der Waals surface area contributed by atoms with E-state index in [1.165, 1.54) is 12.1 Å². The Kier molecular flexibility index (Phi) is 7.95. The first kappa shape index (κ1) is 29.3. The maximum atomic E-state index is 15.1. The van der Waals surface area contributed by atoms with E-state index in [4.69, 9.17) is 4.98 Å². The van der Waals surface area contributed by atoms with Crippen molar-refractivity contribution in [2.45, 2.75) is 24.8 Å². The molecule has 1 aliphatic carbocycles. The lowest BCUT2D eigenvalue weighted by Crippen LogP contribution is -2.52. The average molecular weight is 610 g/mol. The van der Waals surface area contributed by atoms with Crippen LogP contribution in [0.3, 0.4) is 0 Å². The van der Waals surface area contributed by atoms with Crippen LogP contribution in [0.5, 0.6) is 0 Å². The molecule has 1 amide bonds. The Bertz CT molecular complexity index is 1870. The summed E-state index contributed by atoms with van der Waals surface area (Å²) in [5.41, 5.74) is 5.85. The molecular weight excluding hydrogens is 577 g/mol. The smallest absolute Gasteiger partial charge is 0.273 e. The van der Waals surface area contributed by atoms with E-state index in [-0.39, 0.29) is 24.9 Å². The van der Waals surface area contributed by atoms with Gasteiger partial charge in [-0.2, -0.15) is 5.10 Å². The fourth-order valence-corrected chi connectivity index (χ4v) is 6.56. The van der Waals surface area contributed by atoms with Gasteiger partial charge in [0.1, 0.15) is 22.7 Å². The molecule has 0 unspecified atom stereocenters. The minimum atomic E-state index is -1.02. The molecule has 0 saturated heterocycles. The standard InChI is InChI=1S/C38H32FN5O2/c39-31-20-17-26(18-21-31)36-40-25-27-19-22-32-34(33(27)41-36)42-43-35(32)37(46)44(23-10-24-45)38(28-11-4-1-5-12-28,29-13-6-2-7-14-29)30-15-8-3-9-16-30/h1-9,11-18,20-21,25,45H,10,19,22-24H2,(H,42,43). The number of rotatable bonds is 9. The lowest BCUT2D eigenvalue weighted by molar-refractivity contribution is 0.0589. The first-order chi connectivity index (χ1) is 22.6. The second-order valence-corrected chi connectivity index (χ2v) is 11.3. The molecule has 4 aromatic carbocycles. The summed E-state index contributed by atoms with van der Waals surface area (Å²) in [7, 11) is 0. The van der Waals surface area contributed by atoms with Crippen LogP contribution in [-0.4, -0.2) is 49.2 Å². The van der Waals surface area contributed by atoms with Crippen molar-refractivity contribution in [3.8, 4) is 22.8 Å². The Morgan fingerprint density at radius 1 is 0.804 bits per heavy atom. The number of H-pyrrole nitrogens is 1. The summed E-state index contributed by atoms with van der Waals surface area (Å²) in [5.74, 6) is -0.0962. The van der Waals surface area contributed by atoms with E-state index < -0.39 is 5.54 Å². The van der Waals surface area contributed by atoms with Gasteiger partial charge in [-0.15, -0.1) is 0 Å². The number of carbonyl (C=O) groups is 1. The maximum absolute atomic E-state index is 15.1. The van der Waals surface area contributed by atoms with Crippen molar-refractivity contribution in [2.24, 2.45) is 0 Å². The van der Waals surface area contributed by atoms with Gasteiger partial charge in [0.25, 0.3) is 5.91 Å². The predicted molar refractivity (Wildman–Crippen MR) is 174 cm³/mol. The molecule has 8 heteroatoms. The van der Waals surface area contributed by atoms with E-state index in [2.05, 4.69) is 15.2 Å². The van der Waals surface area contributed by atoms with Crippen LogP contribution in [0.25, 0.3) is 22.8 Å². The summed E-state index contributed by atoms with van der Waals surface area (Å²) < 4.78 is 13.6. The summed E-state index contributed by atoms with van der Waals surface area (Å²) in [5, 5.41) is 17.8. The highest BCUT2D eigenvalue weighted by molar-refractivity contribution is 5.97. The SMILES string of the molecule is O=C(c1[nH]nc2c1CCc1cnc(-c3ccc(F)cc3)nc1-2)N(CCCO)C(c1ccccc1)(c1ccccc1)c1ccccc1. The highest BCUT2D eigenvalue weighted by atomic mass is 19.1. The molecule has 0 bridgehead atoms. The van der Waals surface area contributed by atoms with Crippen molar-refractivity contribution >= 4 is 5.91 Å². The number of halogens is 1. The van der Waals surface area contributed by atoms with E-state index >= 15 is 4.79 Å². The summed E-state index contributed by atoms with van der Waals surface area (Å²) in [6.07, 6.45) is 3.40. The Labute approximate surface area is 266 Å². The number of fused-ring (bicyclic) bond motifs is 3. The number of nitrogens with zero attached hydrogens (tertiary/aromatic N) is 4. The van der Waals surface area contributed by atoms with Gasteiger partial charge in [0, 0.05) is 30.5 Å². The molecule has 0 spiro atoms. The van der Waals surface area contributed by atoms with Crippen molar-refractivity contribution in [3.63, 3.8) is 0 Å². The average Bonchev–Trinajstić information content (AvgIpc) is 3.56. The highest BCUT2D eigenvalue weighted by Gasteiger charge is 2.45. The molecule has 0 radical (unpaired) electrons. The molecule has 0 aliphatic heterocycles. The van der Waals surface area contributed by atoms with Crippen LogP contribution in [0.2, 0.25) is 0 Å². The zero-order valence-electron chi connectivity index (χ0n) is 25.1. The third-order valence-corrected chi connectivity index (χ3v) is 8.68. The van der Waals surface area contributed by atoms with Crippen LogP contribution in [0.15, 0.2) is 121 Å². The lowest BCUT2D eigenvalue weighted by atomic mass is 9.75. The van der Waals surface area contributed by atoms with E-state index in [0.717, 1.165) is 27.8 Å². The van der Waals surface area contributed by atoms with Crippen LogP contribution >= 0.6 is 0 Å². The molecule has 0 saturated carbocycles. The number of benzene rings is 4. The van der Waals surface area contributed by atoms with Gasteiger partial charge in [0.05, 0.1) is 5.69 Å². The number of hydrogen-bond acceptors (Lipinski definition) is 5. The molecule has 46 heavy (non-hydrogen) atoms. The monoisotopic (exact) mass is 609 g/mol. The van der Waals surface area contributed by atoms with Crippen molar-refractivity contribution in [1.82, 2.24) is 25.1 Å². The minimum Gasteiger partial charge on any atom is -0.396 e. The van der Waals surface area contributed by atoms with Gasteiger partial charge in [-0.1, -0.05) is 91.0 Å². The number of aryl methyl sites for hydroxylation is 1. The Balaban J connectivity index is 1.39. The Morgan fingerprint density at radius 3 is 1.96 bits per heavy atom. The number of hydrogen-bond donors (Lipinski definition) is 2. The number of aromatic nitrogens is 4. The van der Waals surface area contributed by atoms with Gasteiger partial charge in [0.2, 0.25) is 0 Å². The van der Waals surface area contributed by atoms with Crippen LogP contribution in [0, 0.1) is 5.82 Å². The van der Waals surface area contributed by atoms with Crippen LogP contribution in [0.1, 0.15) is 44.7 Å². The van der Waals surface area contributed by atoms with Gasteiger partial charge in [-0.05, 0) is 65.8 Å². The molecule has 2 heterocycles. The molecule has 1 aliphatic rings. The van der Waals surface area contributed by atoms with Crippen molar-refractivity contribution < 1.29 is 14.3 Å². The lowest BCUT2D eigenvalue weighted by Gasteiger charge is -2.45. The van der Waals surface area contributed by atoms with E-state index in [9.17, 15) is 9.50 Å². The molecule has 0 fully saturated rings. The quantitative estimate of drug-likeness (QED) is 0.181. The fraction of sp³-hybridized carbons (Fsp3) is 0.158. The molecule has 7 nitrogen and oxygen atoms in total. The van der Waals surface area contributed by atoms with Crippen LogP contribution in [0.4, 0.5) is 4.39 Å². The first-order valence-corrected chi connectivity index (χ1v) is 15.4. The van der Waals surface area contributed by atoms with Crippen molar-refractivity contribution in [1.29, 1.82) is 0 Å². The van der Waals surface area contributed by atoms with Gasteiger partial charge in [-0.3, -0.25) is 9.89 Å². The second-order valence-electron chi connectivity index (χ2n) is 11.3. The number of carbonyl (C=O) groups excluding carboxylic acids is 1. The minimum absolute atomic E-state index is 0.0736. The van der Waals surface area contributed by atoms with Crippen molar-refractivity contribution in [2.75, 3.05) is 13.2 Å². The topological polar surface area (TPSA) is 95.0 Å². The molecule has 7 rings (SSSR count). The molecule has 6 aromatic rings.